The van der Waals surface area contributed by atoms with Gasteiger partial charge >= 0.3 is 0 Å². The molecule has 2 rings (SSSR count). The van der Waals surface area contributed by atoms with Gasteiger partial charge in [0.2, 0.25) is 0 Å². The van der Waals surface area contributed by atoms with E-state index in [1.165, 1.54) is 12.8 Å². The van der Waals surface area contributed by atoms with Crippen molar-refractivity contribution in [3.63, 3.8) is 0 Å². The summed E-state index contributed by atoms with van der Waals surface area (Å²) in [5.41, 5.74) is 0.968. The van der Waals surface area contributed by atoms with Crippen molar-refractivity contribution < 1.29 is 9.84 Å². The van der Waals surface area contributed by atoms with Crippen molar-refractivity contribution >= 4 is 0 Å². The Morgan fingerprint density at radius 1 is 1.28 bits per heavy atom. The van der Waals surface area contributed by atoms with Crippen molar-refractivity contribution in [2.75, 3.05) is 26.3 Å². The zero-order valence-corrected chi connectivity index (χ0v) is 10.8. The van der Waals surface area contributed by atoms with E-state index in [1.807, 2.05) is 30.3 Å². The van der Waals surface area contributed by atoms with Gasteiger partial charge in [-0.1, -0.05) is 30.3 Å². The van der Waals surface area contributed by atoms with E-state index in [0.29, 0.717) is 6.54 Å². The summed E-state index contributed by atoms with van der Waals surface area (Å²) in [4.78, 5) is 0. The van der Waals surface area contributed by atoms with Gasteiger partial charge in [0.25, 0.3) is 0 Å². The molecule has 1 saturated carbocycles. The Kier molecular flexibility index (Phi) is 5.65. The van der Waals surface area contributed by atoms with Crippen LogP contribution < -0.4 is 5.32 Å². The standard InChI is InChI=1S/C15H23NO2/c17-15(14-5-2-1-3-6-14)11-16-9-4-10-18-12-13-7-8-13/h1-3,5-6,13,15-17H,4,7-12H2. The Balaban J connectivity index is 1.47. The molecule has 18 heavy (non-hydrogen) atoms. The Morgan fingerprint density at radius 2 is 2.06 bits per heavy atom. The quantitative estimate of drug-likeness (QED) is 0.659. The molecule has 0 bridgehead atoms. The smallest absolute Gasteiger partial charge is 0.0914 e. The third-order valence-electron chi connectivity index (χ3n) is 3.21. The molecule has 100 valence electrons. The number of ether oxygens (including phenoxy) is 1. The number of aliphatic hydroxyl groups excluding tert-OH is 1. The minimum Gasteiger partial charge on any atom is -0.387 e. The van der Waals surface area contributed by atoms with Crippen LogP contribution in [0.2, 0.25) is 0 Å². The monoisotopic (exact) mass is 249 g/mol. The second-order valence-electron chi connectivity index (χ2n) is 5.00. The molecule has 0 amide bonds. The number of hydrogen-bond acceptors (Lipinski definition) is 3. The molecule has 1 fully saturated rings. The molecule has 0 spiro atoms. The van der Waals surface area contributed by atoms with Gasteiger partial charge in [0.15, 0.2) is 0 Å². The number of rotatable bonds is 9. The maximum atomic E-state index is 9.91. The molecule has 1 aliphatic carbocycles. The highest BCUT2D eigenvalue weighted by atomic mass is 16.5. The lowest BCUT2D eigenvalue weighted by Gasteiger charge is -2.12. The number of nitrogens with one attached hydrogen (secondary N) is 1. The highest BCUT2D eigenvalue weighted by molar-refractivity contribution is 5.17. The minimum absolute atomic E-state index is 0.418. The lowest BCUT2D eigenvalue weighted by molar-refractivity contribution is 0.120. The average Bonchev–Trinajstić information content (AvgIpc) is 3.22. The lowest BCUT2D eigenvalue weighted by Crippen LogP contribution is -2.23. The SMILES string of the molecule is OC(CNCCCOCC1CC1)c1ccccc1. The normalized spacial score (nSPS) is 16.7. The summed E-state index contributed by atoms with van der Waals surface area (Å²) in [5, 5.41) is 13.2. The van der Waals surface area contributed by atoms with Gasteiger partial charge in [-0.15, -0.1) is 0 Å². The summed E-state index contributed by atoms with van der Waals surface area (Å²) < 4.78 is 5.55. The Labute approximate surface area is 109 Å². The van der Waals surface area contributed by atoms with Crippen molar-refractivity contribution in [2.24, 2.45) is 5.92 Å². The first-order valence-electron chi connectivity index (χ1n) is 6.88. The maximum Gasteiger partial charge on any atom is 0.0914 e. The summed E-state index contributed by atoms with van der Waals surface area (Å²) >= 11 is 0. The molecule has 3 heteroatoms. The largest absolute Gasteiger partial charge is 0.387 e. The maximum absolute atomic E-state index is 9.91. The predicted octanol–water partition coefficient (Wildman–Crippen LogP) is 2.13. The van der Waals surface area contributed by atoms with Crippen LogP contribution in [-0.2, 0) is 4.74 Å². The fourth-order valence-electron chi connectivity index (χ4n) is 1.87. The zero-order valence-electron chi connectivity index (χ0n) is 10.8. The van der Waals surface area contributed by atoms with Crippen LogP contribution in [0.4, 0.5) is 0 Å². The van der Waals surface area contributed by atoms with Crippen LogP contribution in [0.1, 0.15) is 30.9 Å². The van der Waals surface area contributed by atoms with E-state index >= 15 is 0 Å². The molecule has 0 aromatic heterocycles. The van der Waals surface area contributed by atoms with E-state index in [0.717, 1.165) is 37.7 Å². The molecule has 0 saturated heterocycles. The van der Waals surface area contributed by atoms with Gasteiger partial charge in [0, 0.05) is 19.8 Å². The fourth-order valence-corrected chi connectivity index (χ4v) is 1.87. The number of benzene rings is 1. The van der Waals surface area contributed by atoms with Crippen LogP contribution in [0.3, 0.4) is 0 Å². The molecule has 2 N–H and O–H groups in total. The van der Waals surface area contributed by atoms with Crippen molar-refractivity contribution in [3.8, 4) is 0 Å². The van der Waals surface area contributed by atoms with Crippen LogP contribution in [-0.4, -0.2) is 31.4 Å². The second kappa shape index (κ2) is 7.52. The Hall–Kier alpha value is -0.900. The van der Waals surface area contributed by atoms with Gasteiger partial charge in [0.05, 0.1) is 6.10 Å². The lowest BCUT2D eigenvalue weighted by atomic mass is 10.1. The van der Waals surface area contributed by atoms with E-state index in [9.17, 15) is 5.11 Å². The van der Waals surface area contributed by atoms with E-state index in [4.69, 9.17) is 4.74 Å². The van der Waals surface area contributed by atoms with Crippen LogP contribution >= 0.6 is 0 Å². The van der Waals surface area contributed by atoms with E-state index < -0.39 is 6.10 Å². The van der Waals surface area contributed by atoms with Crippen LogP contribution in [0.25, 0.3) is 0 Å². The first kappa shape index (κ1) is 13.5. The van der Waals surface area contributed by atoms with Crippen molar-refractivity contribution in [2.45, 2.75) is 25.4 Å². The van der Waals surface area contributed by atoms with E-state index in [1.54, 1.807) is 0 Å². The van der Waals surface area contributed by atoms with Gasteiger partial charge in [0.1, 0.15) is 0 Å². The third kappa shape index (κ3) is 5.17. The summed E-state index contributed by atoms with van der Waals surface area (Å²) in [6.45, 7) is 3.26. The van der Waals surface area contributed by atoms with Crippen molar-refractivity contribution in [3.05, 3.63) is 35.9 Å². The summed E-state index contributed by atoms with van der Waals surface area (Å²) in [6, 6.07) is 9.76. The van der Waals surface area contributed by atoms with Crippen molar-refractivity contribution in [1.82, 2.24) is 5.32 Å². The highest BCUT2D eigenvalue weighted by Crippen LogP contribution is 2.28. The molecular weight excluding hydrogens is 226 g/mol. The predicted molar refractivity (Wildman–Crippen MR) is 72.4 cm³/mol. The molecule has 1 aromatic carbocycles. The second-order valence-corrected chi connectivity index (χ2v) is 5.00. The number of aliphatic hydroxyl groups is 1. The first-order chi connectivity index (χ1) is 8.86. The van der Waals surface area contributed by atoms with Gasteiger partial charge in [-0.05, 0) is 37.3 Å². The molecular formula is C15H23NO2. The molecule has 1 unspecified atom stereocenters. The average molecular weight is 249 g/mol. The molecule has 1 aromatic rings. The Morgan fingerprint density at radius 3 is 2.78 bits per heavy atom. The summed E-state index contributed by atoms with van der Waals surface area (Å²) in [7, 11) is 0. The van der Waals surface area contributed by atoms with Gasteiger partial charge < -0.3 is 15.2 Å². The summed E-state index contributed by atoms with van der Waals surface area (Å²) in [5.74, 6) is 0.845. The molecule has 0 radical (unpaired) electrons. The van der Waals surface area contributed by atoms with Gasteiger partial charge in [-0.2, -0.15) is 0 Å². The first-order valence-corrected chi connectivity index (χ1v) is 6.88. The molecule has 0 aliphatic heterocycles. The number of hydrogen-bond donors (Lipinski definition) is 2. The summed E-state index contributed by atoms with van der Waals surface area (Å²) in [6.07, 6.45) is 3.29. The van der Waals surface area contributed by atoms with Gasteiger partial charge in [-0.25, -0.2) is 0 Å². The van der Waals surface area contributed by atoms with Crippen LogP contribution in [0.15, 0.2) is 30.3 Å². The van der Waals surface area contributed by atoms with Crippen LogP contribution in [0, 0.1) is 5.92 Å². The topological polar surface area (TPSA) is 41.5 Å². The Bertz CT molecular complexity index is 325. The minimum atomic E-state index is -0.418. The molecule has 0 heterocycles. The molecule has 1 atom stereocenters. The van der Waals surface area contributed by atoms with E-state index in [2.05, 4.69) is 5.32 Å². The highest BCUT2D eigenvalue weighted by Gasteiger charge is 2.20. The molecule has 3 nitrogen and oxygen atoms in total. The zero-order chi connectivity index (χ0) is 12.6. The fraction of sp³-hybridized carbons (Fsp3) is 0.600. The van der Waals surface area contributed by atoms with Crippen molar-refractivity contribution in [1.29, 1.82) is 0 Å². The van der Waals surface area contributed by atoms with Crippen LogP contribution in [0.5, 0.6) is 0 Å². The van der Waals surface area contributed by atoms with E-state index in [-0.39, 0.29) is 0 Å². The third-order valence-corrected chi connectivity index (χ3v) is 3.21. The van der Waals surface area contributed by atoms with Gasteiger partial charge in [-0.3, -0.25) is 0 Å². The molecule has 1 aliphatic rings.